The Morgan fingerprint density at radius 3 is 2.90 bits per heavy atom. The third-order valence-electron chi connectivity index (χ3n) is 3.76. The molecule has 1 amide bonds. The average molecular weight is 365 g/mol. The predicted molar refractivity (Wildman–Crippen MR) is 90.2 cm³/mol. The Bertz CT molecular complexity index is 657. The van der Waals surface area contributed by atoms with Crippen molar-refractivity contribution in [3.63, 3.8) is 0 Å². The lowest BCUT2D eigenvalue weighted by Gasteiger charge is -2.04. The molecule has 1 aliphatic carbocycles. The first-order valence-electron chi connectivity index (χ1n) is 7.18. The molecule has 0 unspecified atom stereocenters. The normalized spacial score (nSPS) is 14.4. The van der Waals surface area contributed by atoms with Gasteiger partial charge in [0, 0.05) is 15.5 Å². The minimum Gasteiger partial charge on any atom is -0.306 e. The Hall–Kier alpha value is -1.20. The third-order valence-corrected chi connectivity index (χ3v) is 5.82. The van der Waals surface area contributed by atoms with Crippen LogP contribution in [0.25, 0.3) is 0 Å². The van der Waals surface area contributed by atoms with E-state index in [-0.39, 0.29) is 5.91 Å². The number of rotatable bonds is 2. The smallest absolute Gasteiger partial charge is 0.266 e. The molecule has 0 bridgehead atoms. The first kappa shape index (κ1) is 14.7. The molecule has 2 aromatic rings. The Balaban J connectivity index is 1.77. The van der Waals surface area contributed by atoms with Crippen LogP contribution in [0.5, 0.6) is 0 Å². The van der Waals surface area contributed by atoms with Gasteiger partial charge in [-0.2, -0.15) is 0 Å². The molecule has 0 fully saturated rings. The van der Waals surface area contributed by atoms with Gasteiger partial charge in [0.1, 0.15) is 5.82 Å². The van der Waals surface area contributed by atoms with Crippen LogP contribution in [0.2, 0.25) is 0 Å². The van der Waals surface area contributed by atoms with Crippen LogP contribution in [0.3, 0.4) is 0 Å². The highest BCUT2D eigenvalue weighted by Gasteiger charge is 2.17. The van der Waals surface area contributed by atoms with E-state index in [4.69, 9.17) is 0 Å². The van der Waals surface area contributed by atoms with E-state index < -0.39 is 0 Å². The van der Waals surface area contributed by atoms with Crippen LogP contribution in [0.4, 0.5) is 5.82 Å². The summed E-state index contributed by atoms with van der Waals surface area (Å²) in [6.07, 6.45) is 7.71. The minimum atomic E-state index is -0.0534. The van der Waals surface area contributed by atoms with Crippen LogP contribution in [-0.4, -0.2) is 10.9 Å². The van der Waals surface area contributed by atoms with Crippen LogP contribution < -0.4 is 5.32 Å². The molecule has 0 saturated heterocycles. The molecule has 0 aliphatic heterocycles. The van der Waals surface area contributed by atoms with E-state index in [9.17, 15) is 4.79 Å². The van der Waals surface area contributed by atoms with Gasteiger partial charge in [-0.3, -0.25) is 4.79 Å². The molecule has 0 atom stereocenters. The summed E-state index contributed by atoms with van der Waals surface area (Å²) in [6.45, 7) is 1.98. The highest BCUT2D eigenvalue weighted by Crippen LogP contribution is 2.29. The van der Waals surface area contributed by atoms with Crippen molar-refractivity contribution in [1.29, 1.82) is 0 Å². The molecule has 1 N–H and O–H groups in total. The number of hydrogen-bond donors (Lipinski definition) is 1. The maximum Gasteiger partial charge on any atom is 0.266 e. The Labute approximate surface area is 136 Å². The topological polar surface area (TPSA) is 42.0 Å². The molecule has 21 heavy (non-hydrogen) atoms. The number of aryl methyl sites for hydroxylation is 3. The maximum atomic E-state index is 12.4. The van der Waals surface area contributed by atoms with Crippen LogP contribution in [0.15, 0.2) is 22.8 Å². The first-order chi connectivity index (χ1) is 10.1. The second-order valence-electron chi connectivity index (χ2n) is 5.39. The summed E-state index contributed by atoms with van der Waals surface area (Å²) < 4.78 is 0.948. The quantitative estimate of drug-likeness (QED) is 0.782. The number of carbonyl (C=O) groups is 1. The fraction of sp³-hybridized carbons (Fsp3) is 0.375. The molecule has 3 nitrogen and oxygen atoms in total. The van der Waals surface area contributed by atoms with Gasteiger partial charge in [-0.1, -0.05) is 6.42 Å². The summed E-state index contributed by atoms with van der Waals surface area (Å²) >= 11 is 5.05. The minimum absolute atomic E-state index is 0.0534. The molecule has 0 radical (unpaired) electrons. The second kappa shape index (κ2) is 6.28. The van der Waals surface area contributed by atoms with Crippen LogP contribution in [0.1, 0.15) is 44.9 Å². The van der Waals surface area contributed by atoms with Gasteiger partial charge in [0.05, 0.1) is 4.88 Å². The summed E-state index contributed by atoms with van der Waals surface area (Å²) in [4.78, 5) is 18.8. The Morgan fingerprint density at radius 2 is 2.10 bits per heavy atom. The fourth-order valence-corrected chi connectivity index (χ4v) is 3.93. The van der Waals surface area contributed by atoms with E-state index in [1.54, 1.807) is 17.5 Å². The number of nitrogens with zero attached hydrogens (tertiary/aromatic N) is 1. The number of nitrogens with one attached hydrogen (secondary N) is 1. The van der Waals surface area contributed by atoms with Gasteiger partial charge in [-0.25, -0.2) is 4.98 Å². The molecule has 1 aliphatic rings. The molecule has 0 saturated carbocycles. The average Bonchev–Trinajstić information content (AvgIpc) is 2.74. The van der Waals surface area contributed by atoms with Crippen molar-refractivity contribution in [3.05, 3.63) is 43.7 Å². The molecular formula is C16H17BrN2OS. The molecular weight excluding hydrogens is 348 g/mol. The van der Waals surface area contributed by atoms with Crippen LogP contribution in [0, 0.1) is 6.92 Å². The highest BCUT2D eigenvalue weighted by molar-refractivity contribution is 9.10. The molecule has 0 spiro atoms. The Kier molecular flexibility index (Phi) is 4.40. The lowest BCUT2D eigenvalue weighted by atomic mass is 10.1. The summed E-state index contributed by atoms with van der Waals surface area (Å²) in [5.41, 5.74) is 2.42. The van der Waals surface area contributed by atoms with Crippen molar-refractivity contribution < 1.29 is 4.79 Å². The van der Waals surface area contributed by atoms with Crippen LogP contribution in [-0.2, 0) is 12.8 Å². The van der Waals surface area contributed by atoms with Crippen molar-refractivity contribution in [3.8, 4) is 0 Å². The zero-order valence-corrected chi connectivity index (χ0v) is 14.3. The van der Waals surface area contributed by atoms with E-state index in [0.29, 0.717) is 5.82 Å². The number of thiophene rings is 1. The first-order valence-corrected chi connectivity index (χ1v) is 8.79. The van der Waals surface area contributed by atoms with Crippen LogP contribution >= 0.6 is 27.3 Å². The van der Waals surface area contributed by atoms with Gasteiger partial charge in [0.25, 0.3) is 5.91 Å². The number of anilines is 1. The highest BCUT2D eigenvalue weighted by atomic mass is 79.9. The van der Waals surface area contributed by atoms with Crippen molar-refractivity contribution in [2.45, 2.75) is 39.0 Å². The fourth-order valence-electron chi connectivity index (χ4n) is 2.56. The number of carbonyl (C=O) groups excluding carboxylic acids is 1. The summed E-state index contributed by atoms with van der Waals surface area (Å²) in [7, 11) is 0. The largest absolute Gasteiger partial charge is 0.306 e. The predicted octanol–water partition coefficient (Wildman–Crippen LogP) is 4.74. The number of pyridine rings is 1. The van der Waals surface area contributed by atoms with E-state index >= 15 is 0 Å². The van der Waals surface area contributed by atoms with Crippen molar-refractivity contribution in [1.82, 2.24) is 4.98 Å². The Morgan fingerprint density at radius 1 is 1.29 bits per heavy atom. The standard InChI is InChI=1S/C16H17BrN2OS/c1-10-7-15(18-9-12(10)17)19-16(20)14-8-11-5-3-2-4-6-13(11)21-14/h7-9H,2-6H2,1H3,(H,18,19,20). The SMILES string of the molecule is Cc1cc(NC(=O)c2cc3c(s2)CCCCC3)ncc1Br. The van der Waals surface area contributed by atoms with Gasteiger partial charge in [0.2, 0.25) is 0 Å². The van der Waals surface area contributed by atoms with Gasteiger partial charge in [-0.05, 0) is 71.8 Å². The van der Waals surface area contributed by atoms with Crippen molar-refractivity contribution in [2.75, 3.05) is 5.32 Å². The van der Waals surface area contributed by atoms with Crippen molar-refractivity contribution >= 4 is 39.0 Å². The van der Waals surface area contributed by atoms with E-state index in [1.807, 2.05) is 13.0 Å². The molecule has 3 rings (SSSR count). The number of aromatic nitrogens is 1. The summed E-state index contributed by atoms with van der Waals surface area (Å²) in [5.74, 6) is 0.548. The third kappa shape index (κ3) is 3.35. The molecule has 0 aromatic carbocycles. The summed E-state index contributed by atoms with van der Waals surface area (Å²) in [5, 5.41) is 2.89. The number of amides is 1. The maximum absolute atomic E-state index is 12.4. The van der Waals surface area contributed by atoms with E-state index in [1.165, 1.54) is 29.7 Å². The molecule has 2 heterocycles. The number of fused-ring (bicyclic) bond motifs is 1. The lowest BCUT2D eigenvalue weighted by molar-refractivity contribution is 0.103. The molecule has 2 aromatic heterocycles. The van der Waals surface area contributed by atoms with Gasteiger partial charge < -0.3 is 5.32 Å². The monoisotopic (exact) mass is 364 g/mol. The molecule has 110 valence electrons. The van der Waals surface area contributed by atoms with Gasteiger partial charge >= 0.3 is 0 Å². The van der Waals surface area contributed by atoms with E-state index in [0.717, 1.165) is 27.8 Å². The second-order valence-corrected chi connectivity index (χ2v) is 7.38. The van der Waals surface area contributed by atoms with E-state index in [2.05, 4.69) is 32.3 Å². The lowest BCUT2D eigenvalue weighted by Crippen LogP contribution is -2.11. The van der Waals surface area contributed by atoms with Gasteiger partial charge in [0.15, 0.2) is 0 Å². The van der Waals surface area contributed by atoms with Crippen molar-refractivity contribution in [2.24, 2.45) is 0 Å². The summed E-state index contributed by atoms with van der Waals surface area (Å²) in [6, 6.07) is 3.94. The zero-order valence-electron chi connectivity index (χ0n) is 11.9. The number of halogens is 1. The number of hydrogen-bond acceptors (Lipinski definition) is 3. The zero-order chi connectivity index (χ0) is 14.8. The molecule has 5 heteroatoms. The van der Waals surface area contributed by atoms with Gasteiger partial charge in [-0.15, -0.1) is 11.3 Å².